The monoisotopic (exact) mass is 398 g/mol. The van der Waals surface area contributed by atoms with Crippen molar-refractivity contribution in [3.63, 3.8) is 0 Å². The molecule has 2 N–H and O–H groups in total. The highest BCUT2D eigenvalue weighted by Crippen LogP contribution is 2.21. The van der Waals surface area contributed by atoms with Crippen molar-refractivity contribution in [3.8, 4) is 0 Å². The topological polar surface area (TPSA) is 48.9 Å². The molecule has 120 valence electrons. The molecule has 5 nitrogen and oxygen atoms in total. The van der Waals surface area contributed by atoms with Gasteiger partial charge in [0, 0.05) is 39.3 Å². The Morgan fingerprint density at radius 2 is 1.90 bits per heavy atom. The number of aliphatic imine (C=N–C) groups is 1. The zero-order valence-corrected chi connectivity index (χ0v) is 15.5. The van der Waals surface area contributed by atoms with E-state index in [-0.39, 0.29) is 24.0 Å². The maximum atomic E-state index is 5.29. The molecule has 0 aromatic heterocycles. The molecular formula is C14H31IN4O. The van der Waals surface area contributed by atoms with Crippen LogP contribution in [0.3, 0.4) is 0 Å². The summed E-state index contributed by atoms with van der Waals surface area (Å²) in [5.41, 5.74) is 0. The van der Waals surface area contributed by atoms with Crippen molar-refractivity contribution in [2.45, 2.75) is 38.6 Å². The van der Waals surface area contributed by atoms with Gasteiger partial charge in [-0.05, 0) is 26.8 Å². The Balaban J connectivity index is 0.00000361. The highest BCUT2D eigenvalue weighted by atomic mass is 127. The van der Waals surface area contributed by atoms with Gasteiger partial charge in [0.15, 0.2) is 5.96 Å². The summed E-state index contributed by atoms with van der Waals surface area (Å²) in [6.07, 6.45) is 5.50. The fourth-order valence-electron chi connectivity index (χ4n) is 2.48. The number of hydrogen-bond acceptors (Lipinski definition) is 3. The van der Waals surface area contributed by atoms with E-state index < -0.39 is 0 Å². The number of likely N-dealkylation sites (N-methyl/N-ethyl adjacent to an activating group) is 1. The van der Waals surface area contributed by atoms with E-state index in [1.165, 1.54) is 25.7 Å². The zero-order chi connectivity index (χ0) is 13.9. The number of ether oxygens (including phenoxy) is 1. The second-order valence-corrected chi connectivity index (χ2v) is 5.04. The van der Waals surface area contributed by atoms with Crippen LogP contribution in [0.1, 0.15) is 32.6 Å². The largest absolute Gasteiger partial charge is 0.380 e. The summed E-state index contributed by atoms with van der Waals surface area (Å²) in [6.45, 7) is 6.29. The number of halogens is 1. The van der Waals surface area contributed by atoms with Crippen LogP contribution in [0.15, 0.2) is 4.99 Å². The molecular weight excluding hydrogens is 367 g/mol. The van der Waals surface area contributed by atoms with Crippen molar-refractivity contribution < 1.29 is 4.74 Å². The fraction of sp³-hybridized carbons (Fsp3) is 0.929. The lowest BCUT2D eigenvalue weighted by Gasteiger charge is -2.24. The molecule has 0 bridgehead atoms. The van der Waals surface area contributed by atoms with Gasteiger partial charge in [0.2, 0.25) is 0 Å². The molecule has 0 amide bonds. The second kappa shape index (κ2) is 12.6. The minimum absolute atomic E-state index is 0. The van der Waals surface area contributed by atoms with E-state index in [1.807, 2.05) is 6.92 Å². The van der Waals surface area contributed by atoms with Crippen LogP contribution < -0.4 is 10.6 Å². The minimum atomic E-state index is 0. The Morgan fingerprint density at radius 3 is 2.50 bits per heavy atom. The standard InChI is InChI=1S/C14H30N4O.HI/c1-4-19-12-10-17-14(15-2)16-9-11-18(3)13-7-5-6-8-13;/h13H,4-12H2,1-3H3,(H2,15,16,17);1H. The van der Waals surface area contributed by atoms with E-state index in [9.17, 15) is 0 Å². The molecule has 0 unspecified atom stereocenters. The van der Waals surface area contributed by atoms with E-state index >= 15 is 0 Å². The molecule has 0 aliphatic heterocycles. The third-order valence-electron chi connectivity index (χ3n) is 3.67. The van der Waals surface area contributed by atoms with Crippen LogP contribution in [0.5, 0.6) is 0 Å². The van der Waals surface area contributed by atoms with Crippen molar-refractivity contribution in [3.05, 3.63) is 0 Å². The molecule has 0 saturated heterocycles. The first-order valence-electron chi connectivity index (χ1n) is 7.50. The summed E-state index contributed by atoms with van der Waals surface area (Å²) < 4.78 is 5.29. The van der Waals surface area contributed by atoms with Crippen molar-refractivity contribution in [1.82, 2.24) is 15.5 Å². The van der Waals surface area contributed by atoms with Crippen molar-refractivity contribution >= 4 is 29.9 Å². The summed E-state index contributed by atoms with van der Waals surface area (Å²) in [5, 5.41) is 6.59. The van der Waals surface area contributed by atoms with Crippen LogP contribution in [-0.4, -0.2) is 63.8 Å². The molecule has 1 aliphatic rings. The molecule has 20 heavy (non-hydrogen) atoms. The molecule has 1 rings (SSSR count). The number of nitrogens with zero attached hydrogens (tertiary/aromatic N) is 2. The highest BCUT2D eigenvalue weighted by molar-refractivity contribution is 14.0. The molecule has 0 atom stereocenters. The summed E-state index contributed by atoms with van der Waals surface area (Å²) in [7, 11) is 4.03. The minimum Gasteiger partial charge on any atom is -0.380 e. The third-order valence-corrected chi connectivity index (χ3v) is 3.67. The van der Waals surface area contributed by atoms with Gasteiger partial charge in [-0.2, -0.15) is 0 Å². The number of guanidine groups is 1. The van der Waals surface area contributed by atoms with Gasteiger partial charge in [0.25, 0.3) is 0 Å². The Hall–Kier alpha value is -0.0800. The second-order valence-electron chi connectivity index (χ2n) is 5.04. The summed E-state index contributed by atoms with van der Waals surface area (Å²) in [6, 6.07) is 0.787. The fourth-order valence-corrected chi connectivity index (χ4v) is 2.48. The van der Waals surface area contributed by atoms with Crippen LogP contribution in [0.25, 0.3) is 0 Å². The van der Waals surface area contributed by atoms with Crippen molar-refractivity contribution in [1.29, 1.82) is 0 Å². The molecule has 0 spiro atoms. The van der Waals surface area contributed by atoms with E-state index in [0.29, 0.717) is 0 Å². The lowest BCUT2D eigenvalue weighted by molar-refractivity contribution is 0.152. The average molecular weight is 398 g/mol. The van der Waals surface area contributed by atoms with Gasteiger partial charge in [0.05, 0.1) is 6.61 Å². The number of rotatable bonds is 8. The molecule has 6 heteroatoms. The van der Waals surface area contributed by atoms with Gasteiger partial charge in [0.1, 0.15) is 0 Å². The van der Waals surface area contributed by atoms with Gasteiger partial charge in [-0.1, -0.05) is 12.8 Å². The first-order chi connectivity index (χ1) is 9.27. The van der Waals surface area contributed by atoms with Crippen molar-refractivity contribution in [2.75, 3.05) is 46.9 Å². The van der Waals surface area contributed by atoms with Crippen LogP contribution in [-0.2, 0) is 4.74 Å². The summed E-state index contributed by atoms with van der Waals surface area (Å²) in [4.78, 5) is 6.67. The molecule has 1 saturated carbocycles. The number of hydrogen-bond donors (Lipinski definition) is 2. The SMILES string of the molecule is CCOCCNC(=NC)NCCN(C)C1CCCC1.I. The first-order valence-corrected chi connectivity index (χ1v) is 7.50. The average Bonchev–Trinajstić information content (AvgIpc) is 2.95. The maximum Gasteiger partial charge on any atom is 0.191 e. The molecule has 0 radical (unpaired) electrons. The first kappa shape index (κ1) is 19.9. The van der Waals surface area contributed by atoms with Gasteiger partial charge < -0.3 is 20.3 Å². The molecule has 0 heterocycles. The van der Waals surface area contributed by atoms with Crippen LogP contribution >= 0.6 is 24.0 Å². The van der Waals surface area contributed by atoms with Gasteiger partial charge in [-0.25, -0.2) is 0 Å². The molecule has 0 aromatic carbocycles. The van der Waals surface area contributed by atoms with Crippen LogP contribution in [0.2, 0.25) is 0 Å². The van der Waals surface area contributed by atoms with E-state index in [2.05, 4.69) is 27.6 Å². The van der Waals surface area contributed by atoms with E-state index in [0.717, 1.165) is 44.8 Å². The van der Waals surface area contributed by atoms with E-state index in [4.69, 9.17) is 4.74 Å². The van der Waals surface area contributed by atoms with Gasteiger partial charge in [-0.15, -0.1) is 24.0 Å². The predicted molar refractivity (Wildman–Crippen MR) is 96.2 cm³/mol. The van der Waals surface area contributed by atoms with Crippen molar-refractivity contribution in [2.24, 2.45) is 4.99 Å². The molecule has 0 aromatic rings. The Morgan fingerprint density at radius 1 is 1.25 bits per heavy atom. The molecule has 1 fully saturated rings. The lowest BCUT2D eigenvalue weighted by atomic mass is 10.2. The normalized spacial score (nSPS) is 16.3. The number of nitrogens with one attached hydrogen (secondary N) is 2. The smallest absolute Gasteiger partial charge is 0.191 e. The Kier molecular flexibility index (Phi) is 12.6. The van der Waals surface area contributed by atoms with Gasteiger partial charge >= 0.3 is 0 Å². The maximum absolute atomic E-state index is 5.29. The zero-order valence-electron chi connectivity index (χ0n) is 13.2. The van der Waals surface area contributed by atoms with E-state index in [1.54, 1.807) is 7.05 Å². The molecule has 1 aliphatic carbocycles. The Labute approximate surface area is 140 Å². The summed E-state index contributed by atoms with van der Waals surface area (Å²) in [5.74, 6) is 0.861. The Bertz CT molecular complexity index is 258. The quantitative estimate of drug-likeness (QED) is 0.283. The highest BCUT2D eigenvalue weighted by Gasteiger charge is 2.18. The lowest BCUT2D eigenvalue weighted by Crippen LogP contribution is -2.43. The third kappa shape index (κ3) is 8.26. The van der Waals surface area contributed by atoms with Gasteiger partial charge in [-0.3, -0.25) is 4.99 Å². The predicted octanol–water partition coefficient (Wildman–Crippen LogP) is 1.68. The summed E-state index contributed by atoms with van der Waals surface area (Å²) >= 11 is 0. The van der Waals surface area contributed by atoms with Crippen LogP contribution in [0.4, 0.5) is 0 Å². The van der Waals surface area contributed by atoms with Crippen LogP contribution in [0, 0.1) is 0 Å².